The molecule has 132 valence electrons. The number of piperazine rings is 1. The molecule has 9 heteroatoms. The number of carbonyl (C=O) groups is 1. The van der Waals surface area contributed by atoms with Crippen molar-refractivity contribution in [2.45, 2.75) is 13.5 Å². The lowest BCUT2D eigenvalue weighted by molar-refractivity contribution is -0.384. The van der Waals surface area contributed by atoms with Crippen LogP contribution in [0, 0.1) is 17.0 Å². The minimum Gasteiger partial charge on any atom is -0.366 e. The molecule has 1 aliphatic rings. The van der Waals surface area contributed by atoms with Crippen LogP contribution in [0.15, 0.2) is 28.8 Å². The molecule has 1 aromatic carbocycles. The lowest BCUT2D eigenvalue weighted by Crippen LogP contribution is -2.46. The van der Waals surface area contributed by atoms with Gasteiger partial charge in [-0.15, -0.1) is 0 Å². The normalized spacial score (nSPS) is 15.3. The van der Waals surface area contributed by atoms with Gasteiger partial charge in [0.1, 0.15) is 5.69 Å². The monoisotopic (exact) mass is 345 g/mol. The van der Waals surface area contributed by atoms with E-state index in [-0.39, 0.29) is 11.3 Å². The SMILES string of the molecule is Cc1cc(CN2CCN(c3ccc(C(N)=O)cc3[N+](=O)[O-])CC2)on1. The summed E-state index contributed by atoms with van der Waals surface area (Å²) in [6, 6.07) is 6.25. The van der Waals surface area contributed by atoms with Gasteiger partial charge < -0.3 is 15.2 Å². The van der Waals surface area contributed by atoms with Crippen LogP contribution in [0.3, 0.4) is 0 Å². The number of nitro groups is 1. The zero-order valence-corrected chi connectivity index (χ0v) is 13.8. The first-order chi connectivity index (χ1) is 11.9. The number of aryl methyl sites for hydroxylation is 1. The van der Waals surface area contributed by atoms with Crippen LogP contribution in [-0.4, -0.2) is 47.1 Å². The van der Waals surface area contributed by atoms with Crippen LogP contribution in [0.1, 0.15) is 21.8 Å². The molecular formula is C16H19N5O4. The lowest BCUT2D eigenvalue weighted by Gasteiger charge is -2.35. The van der Waals surface area contributed by atoms with Crippen LogP contribution < -0.4 is 10.6 Å². The third kappa shape index (κ3) is 3.77. The highest BCUT2D eigenvalue weighted by molar-refractivity contribution is 5.94. The molecule has 3 rings (SSSR count). The molecule has 1 saturated heterocycles. The highest BCUT2D eigenvalue weighted by atomic mass is 16.6. The smallest absolute Gasteiger partial charge is 0.293 e. The number of benzene rings is 1. The zero-order chi connectivity index (χ0) is 18.0. The van der Waals surface area contributed by atoms with E-state index in [1.54, 1.807) is 6.07 Å². The molecule has 0 saturated carbocycles. The van der Waals surface area contributed by atoms with Crippen molar-refractivity contribution in [2.24, 2.45) is 5.73 Å². The first-order valence-corrected chi connectivity index (χ1v) is 7.92. The molecule has 2 heterocycles. The van der Waals surface area contributed by atoms with Crippen LogP contribution in [0.2, 0.25) is 0 Å². The van der Waals surface area contributed by atoms with E-state index in [0.29, 0.717) is 25.3 Å². The number of hydrogen-bond acceptors (Lipinski definition) is 7. The van der Waals surface area contributed by atoms with Crippen molar-refractivity contribution >= 4 is 17.3 Å². The summed E-state index contributed by atoms with van der Waals surface area (Å²) in [6.07, 6.45) is 0. The molecule has 0 spiro atoms. The fourth-order valence-corrected chi connectivity index (χ4v) is 2.95. The minimum atomic E-state index is -0.679. The molecule has 9 nitrogen and oxygen atoms in total. The third-order valence-corrected chi connectivity index (χ3v) is 4.23. The first kappa shape index (κ1) is 16.9. The Kier molecular flexibility index (Phi) is 4.66. The Hall–Kier alpha value is -2.94. The van der Waals surface area contributed by atoms with E-state index in [1.807, 2.05) is 17.9 Å². The van der Waals surface area contributed by atoms with Crippen molar-refractivity contribution in [3.63, 3.8) is 0 Å². The van der Waals surface area contributed by atoms with E-state index in [2.05, 4.69) is 10.1 Å². The molecule has 25 heavy (non-hydrogen) atoms. The fraction of sp³-hybridized carbons (Fsp3) is 0.375. The molecule has 0 bridgehead atoms. The highest BCUT2D eigenvalue weighted by Gasteiger charge is 2.25. The average molecular weight is 345 g/mol. The number of hydrogen-bond donors (Lipinski definition) is 1. The van der Waals surface area contributed by atoms with Gasteiger partial charge in [0.15, 0.2) is 5.76 Å². The summed E-state index contributed by atoms with van der Waals surface area (Å²) < 4.78 is 5.23. The Morgan fingerprint density at radius 3 is 2.60 bits per heavy atom. The quantitative estimate of drug-likeness (QED) is 0.641. The van der Waals surface area contributed by atoms with E-state index in [4.69, 9.17) is 10.3 Å². The number of amides is 1. The van der Waals surface area contributed by atoms with Crippen molar-refractivity contribution in [3.8, 4) is 0 Å². The molecule has 0 unspecified atom stereocenters. The average Bonchev–Trinajstić information content (AvgIpc) is 3.00. The second kappa shape index (κ2) is 6.89. The van der Waals surface area contributed by atoms with Gasteiger partial charge in [-0.2, -0.15) is 0 Å². The maximum atomic E-state index is 11.3. The van der Waals surface area contributed by atoms with Gasteiger partial charge in [-0.1, -0.05) is 5.16 Å². The Morgan fingerprint density at radius 2 is 2.04 bits per heavy atom. The summed E-state index contributed by atoms with van der Waals surface area (Å²) in [5, 5.41) is 15.2. The first-order valence-electron chi connectivity index (χ1n) is 7.92. The van der Waals surface area contributed by atoms with Crippen molar-refractivity contribution in [3.05, 3.63) is 51.4 Å². The van der Waals surface area contributed by atoms with Gasteiger partial charge in [0.05, 0.1) is 17.2 Å². The van der Waals surface area contributed by atoms with E-state index < -0.39 is 10.8 Å². The number of aromatic nitrogens is 1. The van der Waals surface area contributed by atoms with Crippen molar-refractivity contribution < 1.29 is 14.2 Å². The van der Waals surface area contributed by atoms with Crippen LogP contribution >= 0.6 is 0 Å². The van der Waals surface area contributed by atoms with Gasteiger partial charge in [0.2, 0.25) is 5.91 Å². The number of nitro benzene ring substituents is 1. The lowest BCUT2D eigenvalue weighted by atomic mass is 10.1. The molecule has 0 atom stereocenters. The van der Waals surface area contributed by atoms with Crippen LogP contribution in [-0.2, 0) is 6.54 Å². The Labute approximate surface area is 144 Å². The van der Waals surface area contributed by atoms with Gasteiger partial charge >= 0.3 is 0 Å². The zero-order valence-electron chi connectivity index (χ0n) is 13.8. The van der Waals surface area contributed by atoms with E-state index in [9.17, 15) is 14.9 Å². The van der Waals surface area contributed by atoms with Gasteiger partial charge in [-0.3, -0.25) is 19.8 Å². The number of nitrogens with zero attached hydrogens (tertiary/aromatic N) is 4. The molecule has 0 aliphatic carbocycles. The summed E-state index contributed by atoms with van der Waals surface area (Å²) in [4.78, 5) is 26.3. The number of rotatable bonds is 5. The largest absolute Gasteiger partial charge is 0.366 e. The summed E-state index contributed by atoms with van der Waals surface area (Å²) >= 11 is 0. The molecule has 0 radical (unpaired) electrons. The van der Waals surface area contributed by atoms with Gasteiger partial charge in [0.25, 0.3) is 5.69 Å². The van der Waals surface area contributed by atoms with E-state index in [0.717, 1.165) is 24.5 Å². The predicted octanol–water partition coefficient (Wildman–Crippen LogP) is 1.31. The minimum absolute atomic E-state index is 0.101. The Balaban J connectivity index is 1.70. The molecular weight excluding hydrogens is 326 g/mol. The summed E-state index contributed by atoms with van der Waals surface area (Å²) in [5.41, 5.74) is 6.59. The maximum Gasteiger partial charge on any atom is 0.293 e. The van der Waals surface area contributed by atoms with Gasteiger partial charge in [0, 0.05) is 43.9 Å². The van der Waals surface area contributed by atoms with Crippen molar-refractivity contribution in [2.75, 3.05) is 31.1 Å². The van der Waals surface area contributed by atoms with Gasteiger partial charge in [-0.25, -0.2) is 0 Å². The standard InChI is InChI=1S/C16H19N5O4/c1-11-8-13(25-18-11)10-19-4-6-20(7-5-19)14-3-2-12(16(17)22)9-15(14)21(23)24/h2-3,8-9H,4-7,10H2,1H3,(H2,17,22). The van der Waals surface area contributed by atoms with Crippen LogP contribution in [0.5, 0.6) is 0 Å². The number of primary amides is 1. The Bertz CT molecular complexity index is 796. The summed E-state index contributed by atoms with van der Waals surface area (Å²) in [7, 11) is 0. The molecule has 1 amide bonds. The molecule has 2 N–H and O–H groups in total. The maximum absolute atomic E-state index is 11.3. The Morgan fingerprint density at radius 1 is 1.32 bits per heavy atom. The second-order valence-electron chi connectivity index (χ2n) is 6.02. The van der Waals surface area contributed by atoms with E-state index in [1.165, 1.54) is 12.1 Å². The molecule has 2 aromatic rings. The van der Waals surface area contributed by atoms with Crippen LogP contribution in [0.25, 0.3) is 0 Å². The molecule has 1 aliphatic heterocycles. The van der Waals surface area contributed by atoms with Gasteiger partial charge in [-0.05, 0) is 19.1 Å². The van der Waals surface area contributed by atoms with Crippen LogP contribution in [0.4, 0.5) is 11.4 Å². The van der Waals surface area contributed by atoms with Crippen molar-refractivity contribution in [1.82, 2.24) is 10.1 Å². The predicted molar refractivity (Wildman–Crippen MR) is 90.3 cm³/mol. The van der Waals surface area contributed by atoms with E-state index >= 15 is 0 Å². The second-order valence-corrected chi connectivity index (χ2v) is 6.02. The molecule has 1 aromatic heterocycles. The molecule has 1 fully saturated rings. The number of nitrogens with two attached hydrogens (primary N) is 1. The number of anilines is 1. The summed E-state index contributed by atoms with van der Waals surface area (Å²) in [6.45, 7) is 5.31. The van der Waals surface area contributed by atoms with Crippen molar-refractivity contribution in [1.29, 1.82) is 0 Å². The summed E-state index contributed by atoms with van der Waals surface area (Å²) in [5.74, 6) is 0.129. The topological polar surface area (TPSA) is 119 Å². The number of carbonyl (C=O) groups excluding carboxylic acids is 1. The highest BCUT2D eigenvalue weighted by Crippen LogP contribution is 2.30. The third-order valence-electron chi connectivity index (χ3n) is 4.23. The fourth-order valence-electron chi connectivity index (χ4n) is 2.95.